The van der Waals surface area contributed by atoms with Crippen LogP contribution in [-0.2, 0) is 0 Å². The lowest BCUT2D eigenvalue weighted by Crippen LogP contribution is -2.34. The number of aromatic nitrogens is 2. The highest BCUT2D eigenvalue weighted by Gasteiger charge is 2.21. The van der Waals surface area contributed by atoms with Gasteiger partial charge in [0.1, 0.15) is 18.1 Å². The Morgan fingerprint density at radius 3 is 2.83 bits per heavy atom. The summed E-state index contributed by atoms with van der Waals surface area (Å²) in [6.07, 6.45) is 3.04. The summed E-state index contributed by atoms with van der Waals surface area (Å²) >= 11 is 0. The smallest absolute Gasteiger partial charge is 0.320 e. The monoisotopic (exact) mass is 410 g/mol. The number of nitrogens with two attached hydrogens (primary N) is 1. The van der Waals surface area contributed by atoms with Gasteiger partial charge in [-0.25, -0.2) is 19.2 Å². The summed E-state index contributed by atoms with van der Waals surface area (Å²) in [7, 11) is 0. The fraction of sp³-hybridized carbons (Fsp3) is 0.286. The molecule has 1 aliphatic rings. The number of pyridine rings is 2. The molecule has 0 radical (unpaired) electrons. The van der Waals surface area contributed by atoms with Crippen molar-refractivity contribution in [2.75, 3.05) is 29.5 Å². The van der Waals surface area contributed by atoms with E-state index in [0.717, 1.165) is 11.3 Å². The van der Waals surface area contributed by atoms with Crippen molar-refractivity contribution in [3.63, 3.8) is 0 Å². The lowest BCUT2D eigenvalue weighted by Gasteiger charge is -2.22. The Balaban J connectivity index is 1.79. The Labute approximate surface area is 173 Å². The number of fused-ring (bicyclic) bond motifs is 2. The van der Waals surface area contributed by atoms with E-state index in [-0.39, 0.29) is 17.8 Å². The van der Waals surface area contributed by atoms with Crippen molar-refractivity contribution >= 4 is 34.0 Å². The molecule has 0 saturated carbocycles. The van der Waals surface area contributed by atoms with Crippen molar-refractivity contribution in [2.24, 2.45) is 0 Å². The average Bonchev–Trinajstić information content (AvgIpc) is 2.71. The lowest BCUT2D eigenvalue weighted by molar-refractivity contribution is 0.250. The van der Waals surface area contributed by atoms with Crippen LogP contribution in [0.15, 0.2) is 24.5 Å². The fourth-order valence-corrected chi connectivity index (χ4v) is 3.47. The molecule has 8 nitrogen and oxygen atoms in total. The Morgan fingerprint density at radius 2 is 2.07 bits per heavy atom. The summed E-state index contributed by atoms with van der Waals surface area (Å²) in [6.45, 7) is 6.78. The molecule has 156 valence electrons. The number of amides is 2. The molecule has 0 spiro atoms. The molecule has 1 aromatic carbocycles. The number of nitrogen functional groups attached to an aromatic ring is 1. The molecule has 0 fully saturated rings. The van der Waals surface area contributed by atoms with Crippen LogP contribution in [0.3, 0.4) is 0 Å². The predicted octanol–water partition coefficient (Wildman–Crippen LogP) is 3.66. The van der Waals surface area contributed by atoms with Crippen LogP contribution in [-0.4, -0.2) is 35.2 Å². The Bertz CT molecular complexity index is 1150. The summed E-state index contributed by atoms with van der Waals surface area (Å²) in [4.78, 5) is 20.5. The third-order valence-corrected chi connectivity index (χ3v) is 4.90. The number of nitrogens with one attached hydrogen (secondary N) is 3. The number of nitrogens with zero attached hydrogens (tertiary/aromatic N) is 2. The van der Waals surface area contributed by atoms with Crippen LogP contribution in [0.1, 0.15) is 19.4 Å². The molecule has 0 bridgehead atoms. The maximum absolute atomic E-state index is 15.2. The summed E-state index contributed by atoms with van der Waals surface area (Å²) in [5.41, 5.74) is 8.59. The van der Waals surface area contributed by atoms with E-state index in [9.17, 15) is 4.79 Å². The second-order valence-electron chi connectivity index (χ2n) is 7.45. The van der Waals surface area contributed by atoms with Crippen LogP contribution in [0.2, 0.25) is 0 Å². The van der Waals surface area contributed by atoms with Crippen molar-refractivity contribution in [3.05, 3.63) is 35.9 Å². The van der Waals surface area contributed by atoms with Crippen LogP contribution in [0.4, 0.5) is 26.4 Å². The van der Waals surface area contributed by atoms with Gasteiger partial charge in [0.15, 0.2) is 5.82 Å². The second-order valence-corrected chi connectivity index (χ2v) is 7.45. The van der Waals surface area contributed by atoms with Gasteiger partial charge in [0.25, 0.3) is 0 Å². The molecule has 3 heterocycles. The van der Waals surface area contributed by atoms with Gasteiger partial charge in [-0.1, -0.05) is 0 Å². The van der Waals surface area contributed by atoms with Gasteiger partial charge in [-0.2, -0.15) is 0 Å². The van der Waals surface area contributed by atoms with Crippen LogP contribution in [0.25, 0.3) is 21.9 Å². The van der Waals surface area contributed by atoms with E-state index < -0.39 is 5.82 Å². The predicted molar refractivity (Wildman–Crippen MR) is 115 cm³/mol. The highest BCUT2D eigenvalue weighted by atomic mass is 19.1. The molecule has 5 N–H and O–H groups in total. The zero-order chi connectivity index (χ0) is 21.4. The zero-order valence-corrected chi connectivity index (χ0v) is 17.0. The quantitative estimate of drug-likeness (QED) is 0.490. The minimum absolute atomic E-state index is 0.00508. The summed E-state index contributed by atoms with van der Waals surface area (Å²) in [5, 5.41) is 9.78. The highest BCUT2D eigenvalue weighted by molar-refractivity contribution is 6.00. The minimum atomic E-state index is -0.538. The number of carbonyl (C=O) groups excluding carboxylic acids is 1. The van der Waals surface area contributed by atoms with Gasteiger partial charge in [0.05, 0.1) is 5.69 Å². The van der Waals surface area contributed by atoms with Crippen molar-refractivity contribution in [3.8, 4) is 17.0 Å². The molecule has 30 heavy (non-hydrogen) atoms. The molecule has 0 atom stereocenters. The SMILES string of the molecule is Cc1c(-c2cc3cc(NC(=O)NC(C)C)ncc3c(N)c2F)cnc2c1NCCO2. The highest BCUT2D eigenvalue weighted by Crippen LogP contribution is 2.39. The van der Waals surface area contributed by atoms with Crippen molar-refractivity contribution in [1.82, 2.24) is 15.3 Å². The number of hydrogen-bond donors (Lipinski definition) is 4. The van der Waals surface area contributed by atoms with Crippen molar-refractivity contribution in [1.29, 1.82) is 0 Å². The first-order valence-corrected chi connectivity index (χ1v) is 9.67. The van der Waals surface area contributed by atoms with Gasteiger partial charge >= 0.3 is 6.03 Å². The average molecular weight is 410 g/mol. The first-order chi connectivity index (χ1) is 14.3. The van der Waals surface area contributed by atoms with Gasteiger partial charge in [-0.3, -0.25) is 5.32 Å². The topological polar surface area (TPSA) is 114 Å². The molecule has 2 aromatic heterocycles. The third-order valence-electron chi connectivity index (χ3n) is 4.90. The zero-order valence-electron chi connectivity index (χ0n) is 17.0. The molecule has 0 saturated heterocycles. The van der Waals surface area contributed by atoms with Gasteiger partial charge in [0, 0.05) is 41.5 Å². The molecular formula is C21H23FN6O2. The van der Waals surface area contributed by atoms with E-state index in [2.05, 4.69) is 25.9 Å². The van der Waals surface area contributed by atoms with E-state index in [1.165, 1.54) is 6.20 Å². The maximum atomic E-state index is 15.2. The number of carbonyl (C=O) groups is 1. The standard InChI is InChI=1S/C21H23FN6O2/c1-10(2)27-21(29)28-16-7-12-6-13(17(22)18(23)15(12)9-25-16)14-8-26-20-19(11(14)3)24-4-5-30-20/h6-10,24H,4-5,23H2,1-3H3,(H2,25,27,28,29). The van der Waals surface area contributed by atoms with Gasteiger partial charge in [-0.15, -0.1) is 0 Å². The maximum Gasteiger partial charge on any atom is 0.320 e. The molecule has 0 aliphatic carbocycles. The normalized spacial score (nSPS) is 12.8. The number of rotatable bonds is 3. The van der Waals surface area contributed by atoms with Gasteiger partial charge in [-0.05, 0) is 43.9 Å². The largest absolute Gasteiger partial charge is 0.474 e. The Hall–Kier alpha value is -3.62. The first-order valence-electron chi connectivity index (χ1n) is 9.67. The number of ether oxygens (including phenoxy) is 1. The number of halogens is 1. The molecule has 9 heteroatoms. The number of urea groups is 1. The van der Waals surface area contributed by atoms with E-state index >= 15 is 4.39 Å². The van der Waals surface area contributed by atoms with Crippen molar-refractivity contribution < 1.29 is 13.9 Å². The van der Waals surface area contributed by atoms with E-state index in [4.69, 9.17) is 10.5 Å². The Kier molecular flexibility index (Phi) is 5.03. The van der Waals surface area contributed by atoms with E-state index in [1.54, 1.807) is 18.3 Å². The lowest BCUT2D eigenvalue weighted by atomic mass is 9.97. The van der Waals surface area contributed by atoms with Gasteiger partial charge < -0.3 is 21.1 Å². The van der Waals surface area contributed by atoms with Gasteiger partial charge in [0.2, 0.25) is 5.88 Å². The van der Waals surface area contributed by atoms with Crippen LogP contribution >= 0.6 is 0 Å². The van der Waals surface area contributed by atoms with Crippen LogP contribution < -0.4 is 26.4 Å². The first kappa shape index (κ1) is 19.7. The van der Waals surface area contributed by atoms with E-state index in [0.29, 0.717) is 46.7 Å². The van der Waals surface area contributed by atoms with Crippen molar-refractivity contribution in [2.45, 2.75) is 26.8 Å². The molecule has 3 aromatic rings. The number of benzene rings is 1. The second kappa shape index (κ2) is 7.66. The minimum Gasteiger partial charge on any atom is -0.474 e. The molecular weight excluding hydrogens is 387 g/mol. The number of anilines is 3. The summed E-state index contributed by atoms with van der Waals surface area (Å²) in [5.74, 6) is 0.306. The number of hydrogen-bond acceptors (Lipinski definition) is 6. The Morgan fingerprint density at radius 1 is 1.27 bits per heavy atom. The molecule has 1 aliphatic heterocycles. The molecule has 2 amide bonds. The van der Waals surface area contributed by atoms with E-state index in [1.807, 2.05) is 20.8 Å². The molecule has 0 unspecified atom stereocenters. The summed E-state index contributed by atoms with van der Waals surface area (Å²) < 4.78 is 20.7. The van der Waals surface area contributed by atoms with Crippen LogP contribution in [0.5, 0.6) is 5.88 Å². The third kappa shape index (κ3) is 3.54. The summed E-state index contributed by atoms with van der Waals surface area (Å²) in [6, 6.07) is 2.97. The molecule has 4 rings (SSSR count). The van der Waals surface area contributed by atoms with Crippen LogP contribution in [0, 0.1) is 12.7 Å². The fourth-order valence-electron chi connectivity index (χ4n) is 3.47.